The van der Waals surface area contributed by atoms with Crippen molar-refractivity contribution in [2.45, 2.75) is 53.9 Å². The second-order valence-electron chi connectivity index (χ2n) is 10.9. The maximum atomic E-state index is 2.43. The minimum Gasteiger partial charge on any atom is -0.0733 e. The van der Waals surface area contributed by atoms with E-state index in [2.05, 4.69) is 168 Å². The van der Waals surface area contributed by atoms with E-state index >= 15 is 0 Å². The minimum atomic E-state index is -1.84. The van der Waals surface area contributed by atoms with Gasteiger partial charge >= 0.3 is 0 Å². The average Bonchev–Trinajstić information content (AvgIpc) is 2.95. The Bertz CT molecular complexity index is 1180. The molecule has 0 fully saturated rings. The van der Waals surface area contributed by atoms with Crippen LogP contribution in [-0.4, -0.2) is 6.16 Å². The predicted molar refractivity (Wildman–Crippen MR) is 178 cm³/mol. The Morgan fingerprint density at radius 2 is 1.10 bits per heavy atom. The zero-order chi connectivity index (χ0) is 27.9. The van der Waals surface area contributed by atoms with Crippen molar-refractivity contribution in [3.63, 3.8) is 0 Å². The fourth-order valence-electron chi connectivity index (χ4n) is 4.80. The van der Waals surface area contributed by atoms with Crippen LogP contribution in [-0.2, 0) is 0 Å². The highest BCUT2D eigenvalue weighted by Crippen LogP contribution is 2.55. The van der Waals surface area contributed by atoms with Crippen molar-refractivity contribution in [2.24, 2.45) is 5.92 Å². The first-order chi connectivity index (χ1) is 18.9. The van der Waals surface area contributed by atoms with Gasteiger partial charge in [0, 0.05) is 0 Å². The zero-order valence-corrected chi connectivity index (χ0v) is 25.4. The van der Waals surface area contributed by atoms with Gasteiger partial charge in [-0.2, -0.15) is 0 Å². The third-order valence-electron chi connectivity index (χ3n) is 7.09. The molecule has 0 saturated heterocycles. The fourth-order valence-corrected chi connectivity index (χ4v) is 8.94. The van der Waals surface area contributed by atoms with E-state index in [1.807, 2.05) is 0 Å². The van der Waals surface area contributed by atoms with Crippen molar-refractivity contribution < 1.29 is 0 Å². The molecule has 1 heteroatoms. The Morgan fingerprint density at radius 1 is 0.641 bits per heavy atom. The quantitative estimate of drug-likeness (QED) is 0.151. The first-order valence-electron chi connectivity index (χ1n) is 14.3. The maximum Gasteiger partial charge on any atom is 0.115 e. The van der Waals surface area contributed by atoms with Gasteiger partial charge in [-0.1, -0.05) is 128 Å². The van der Waals surface area contributed by atoms with E-state index in [4.69, 9.17) is 0 Å². The monoisotopic (exact) mass is 533 g/mol. The Kier molecular flexibility index (Phi) is 12.5. The minimum absolute atomic E-state index is 0.788. The summed E-state index contributed by atoms with van der Waals surface area (Å²) in [5.41, 5.74) is 4.00. The van der Waals surface area contributed by atoms with E-state index in [9.17, 15) is 0 Å². The Hall–Kier alpha value is -3.21. The molecule has 0 saturated carbocycles. The van der Waals surface area contributed by atoms with Gasteiger partial charge in [0.1, 0.15) is 23.2 Å². The van der Waals surface area contributed by atoms with E-state index in [1.54, 1.807) is 0 Å². The lowest BCUT2D eigenvalue weighted by Gasteiger charge is -2.26. The van der Waals surface area contributed by atoms with Gasteiger partial charge < -0.3 is 0 Å². The molecule has 202 valence electrons. The maximum absolute atomic E-state index is 2.43. The van der Waals surface area contributed by atoms with Crippen LogP contribution in [0.5, 0.6) is 0 Å². The van der Waals surface area contributed by atoms with E-state index in [-0.39, 0.29) is 0 Å². The molecular weight excluding hydrogens is 487 g/mol. The lowest BCUT2D eigenvalue weighted by molar-refractivity contribution is 0.555. The number of benzene rings is 3. The van der Waals surface area contributed by atoms with E-state index in [0.29, 0.717) is 0 Å². The van der Waals surface area contributed by atoms with Gasteiger partial charge in [-0.05, 0) is 82.0 Å². The summed E-state index contributed by atoms with van der Waals surface area (Å²) in [5, 5.41) is 4.26. The normalized spacial score (nSPS) is 13.6. The molecule has 0 N–H and O–H groups in total. The molecule has 0 nitrogen and oxygen atoms in total. The highest BCUT2D eigenvalue weighted by atomic mass is 31.2. The molecular formula is C38H46P+. The average molecular weight is 534 g/mol. The van der Waals surface area contributed by atoms with Crippen LogP contribution in [0.25, 0.3) is 0 Å². The number of allylic oxidation sites excluding steroid dienone is 10. The van der Waals surface area contributed by atoms with Crippen molar-refractivity contribution in [2.75, 3.05) is 6.16 Å². The SMILES string of the molecule is CC(/C=C/C=C(\C)CCCC(C)C)=C\C=C\C(C)=C\C[P+](c1ccccc1)(c1ccccc1)c1ccccc1. The summed E-state index contributed by atoms with van der Waals surface area (Å²) >= 11 is 0. The lowest BCUT2D eigenvalue weighted by Crippen LogP contribution is -2.33. The Labute approximate surface area is 238 Å². The highest BCUT2D eigenvalue weighted by molar-refractivity contribution is 7.95. The standard InChI is InChI=1S/C38H46P/c1-32(2)18-15-19-33(3)20-16-21-34(4)22-17-23-35(5)30-31-39(36-24-9-6-10-25-36,37-26-11-7-12-27-37)38-28-13-8-14-29-38/h6-14,16-17,20-30,32H,15,18-19,31H2,1-5H3/q+1/b21-16+,23-17+,33-20+,34-22+,35-30+. The molecule has 0 aliphatic heterocycles. The smallest absolute Gasteiger partial charge is 0.0733 e. The van der Waals surface area contributed by atoms with Crippen LogP contribution in [0.2, 0.25) is 0 Å². The van der Waals surface area contributed by atoms with Crippen molar-refractivity contribution >= 4 is 23.2 Å². The lowest BCUT2D eigenvalue weighted by atomic mass is 10.0. The molecule has 0 bridgehead atoms. The summed E-state index contributed by atoms with van der Waals surface area (Å²) in [7, 11) is -1.84. The van der Waals surface area contributed by atoms with Crippen LogP contribution in [0.3, 0.4) is 0 Å². The van der Waals surface area contributed by atoms with Gasteiger partial charge in [0.25, 0.3) is 0 Å². The van der Waals surface area contributed by atoms with Crippen molar-refractivity contribution in [1.82, 2.24) is 0 Å². The van der Waals surface area contributed by atoms with Crippen molar-refractivity contribution in [3.8, 4) is 0 Å². The van der Waals surface area contributed by atoms with Gasteiger partial charge in [-0.15, -0.1) is 0 Å². The molecule has 3 aromatic carbocycles. The highest BCUT2D eigenvalue weighted by Gasteiger charge is 2.44. The fraction of sp³-hybridized carbons (Fsp3) is 0.263. The molecule has 0 unspecified atom stereocenters. The van der Waals surface area contributed by atoms with Crippen LogP contribution in [0.1, 0.15) is 53.9 Å². The predicted octanol–water partition coefficient (Wildman–Crippen LogP) is 9.76. The summed E-state index contributed by atoms with van der Waals surface area (Å²) in [5.74, 6) is 0.788. The van der Waals surface area contributed by atoms with Gasteiger partial charge in [0.05, 0.1) is 6.16 Å². The Morgan fingerprint density at radius 3 is 1.59 bits per heavy atom. The first-order valence-corrected chi connectivity index (χ1v) is 16.3. The van der Waals surface area contributed by atoms with Crippen LogP contribution < -0.4 is 15.9 Å². The van der Waals surface area contributed by atoms with Crippen LogP contribution in [0.4, 0.5) is 0 Å². The molecule has 39 heavy (non-hydrogen) atoms. The van der Waals surface area contributed by atoms with E-state index < -0.39 is 7.26 Å². The van der Waals surface area contributed by atoms with Crippen molar-refractivity contribution in [1.29, 1.82) is 0 Å². The number of hydrogen-bond acceptors (Lipinski definition) is 0. The largest absolute Gasteiger partial charge is 0.115 e. The molecule has 0 amide bonds. The summed E-state index contributed by atoms with van der Waals surface area (Å²) in [6, 6.07) is 33.3. The van der Waals surface area contributed by atoms with Gasteiger partial charge in [0.15, 0.2) is 0 Å². The van der Waals surface area contributed by atoms with Crippen molar-refractivity contribution in [3.05, 3.63) is 150 Å². The number of hydrogen-bond donors (Lipinski definition) is 0. The molecule has 0 spiro atoms. The van der Waals surface area contributed by atoms with Crippen LogP contribution in [0.15, 0.2) is 150 Å². The van der Waals surface area contributed by atoms with Gasteiger partial charge in [-0.25, -0.2) is 0 Å². The second kappa shape index (κ2) is 16.0. The third kappa shape index (κ3) is 9.49. The molecule has 3 aromatic rings. The van der Waals surface area contributed by atoms with E-state index in [1.165, 1.54) is 51.9 Å². The molecule has 0 aliphatic carbocycles. The molecule has 0 radical (unpaired) electrons. The topological polar surface area (TPSA) is 0 Å². The zero-order valence-electron chi connectivity index (χ0n) is 24.6. The second-order valence-corrected chi connectivity index (χ2v) is 14.4. The third-order valence-corrected chi connectivity index (χ3v) is 11.4. The molecule has 3 rings (SSSR count). The van der Waals surface area contributed by atoms with Gasteiger partial charge in [0.2, 0.25) is 0 Å². The van der Waals surface area contributed by atoms with Crippen LogP contribution >= 0.6 is 7.26 Å². The first kappa shape index (κ1) is 30.3. The summed E-state index contributed by atoms with van der Waals surface area (Å²) < 4.78 is 0. The number of rotatable bonds is 13. The van der Waals surface area contributed by atoms with Gasteiger partial charge in [-0.3, -0.25) is 0 Å². The van der Waals surface area contributed by atoms with Crippen LogP contribution in [0, 0.1) is 5.92 Å². The molecule has 0 aromatic heterocycles. The summed E-state index contributed by atoms with van der Waals surface area (Å²) in [6.45, 7) is 11.2. The summed E-state index contributed by atoms with van der Waals surface area (Å²) in [4.78, 5) is 0. The van der Waals surface area contributed by atoms with E-state index in [0.717, 1.165) is 12.1 Å². The summed E-state index contributed by atoms with van der Waals surface area (Å²) in [6.07, 6.45) is 20.4. The Balaban J connectivity index is 1.79. The molecule has 0 aliphatic rings. The molecule has 0 atom stereocenters. The molecule has 0 heterocycles.